The third kappa shape index (κ3) is 8.01. The number of carbonyl (C=O) groups is 2. The van der Waals surface area contributed by atoms with Crippen molar-refractivity contribution in [3.8, 4) is 0 Å². The molecule has 3 N–H and O–H groups in total. The van der Waals surface area contributed by atoms with E-state index in [2.05, 4.69) is 25.9 Å². The first-order valence-corrected chi connectivity index (χ1v) is 11.3. The molecule has 1 aromatic heterocycles. The van der Waals surface area contributed by atoms with Crippen molar-refractivity contribution in [3.05, 3.63) is 51.5 Å². The molecule has 0 aliphatic rings. The van der Waals surface area contributed by atoms with Crippen molar-refractivity contribution in [1.82, 2.24) is 20.9 Å². The lowest BCUT2D eigenvalue weighted by Gasteiger charge is -2.16. The van der Waals surface area contributed by atoms with E-state index in [-0.39, 0.29) is 17.9 Å². The van der Waals surface area contributed by atoms with Crippen molar-refractivity contribution in [2.24, 2.45) is 4.99 Å². The summed E-state index contributed by atoms with van der Waals surface area (Å²) in [5.74, 6) is 0.195. The third-order valence-electron chi connectivity index (χ3n) is 4.28. The van der Waals surface area contributed by atoms with Crippen molar-refractivity contribution in [2.45, 2.75) is 46.7 Å². The molecule has 0 spiro atoms. The summed E-state index contributed by atoms with van der Waals surface area (Å²) in [6, 6.07) is 9.63. The lowest BCUT2D eigenvalue weighted by atomic mass is 10.2. The number of esters is 1. The van der Waals surface area contributed by atoms with Gasteiger partial charge in [0.2, 0.25) is 5.91 Å². The van der Waals surface area contributed by atoms with Crippen LogP contribution in [-0.2, 0) is 16.1 Å². The normalized spacial score (nSPS) is 12.2. The van der Waals surface area contributed by atoms with Crippen molar-refractivity contribution < 1.29 is 14.3 Å². The zero-order chi connectivity index (χ0) is 22.6. The molecular weight excluding hydrogens is 414 g/mol. The topological polar surface area (TPSA) is 105 Å². The lowest BCUT2D eigenvalue weighted by molar-refractivity contribution is -0.121. The van der Waals surface area contributed by atoms with Gasteiger partial charge < -0.3 is 20.7 Å². The Labute approximate surface area is 187 Å². The first-order chi connectivity index (χ1) is 14.9. The molecule has 2 aromatic rings. The fraction of sp³-hybridized carbons (Fsp3) is 0.455. The predicted molar refractivity (Wildman–Crippen MR) is 123 cm³/mol. The Kier molecular flexibility index (Phi) is 9.96. The van der Waals surface area contributed by atoms with Gasteiger partial charge in [0.1, 0.15) is 9.88 Å². The van der Waals surface area contributed by atoms with Crippen LogP contribution < -0.4 is 16.0 Å². The van der Waals surface area contributed by atoms with E-state index in [0.717, 1.165) is 10.6 Å². The molecule has 1 heterocycles. The van der Waals surface area contributed by atoms with Gasteiger partial charge in [-0.25, -0.2) is 9.78 Å². The minimum atomic E-state index is -0.349. The van der Waals surface area contributed by atoms with Gasteiger partial charge in [-0.15, -0.1) is 11.3 Å². The van der Waals surface area contributed by atoms with Crippen molar-refractivity contribution in [1.29, 1.82) is 0 Å². The maximum atomic E-state index is 12.1. The van der Waals surface area contributed by atoms with Crippen LogP contribution in [0.2, 0.25) is 0 Å². The Morgan fingerprint density at radius 3 is 2.61 bits per heavy atom. The number of thiazole rings is 1. The van der Waals surface area contributed by atoms with Gasteiger partial charge in [-0.05, 0) is 33.3 Å². The van der Waals surface area contributed by atoms with Crippen LogP contribution in [0.1, 0.15) is 59.2 Å². The second-order valence-electron chi connectivity index (χ2n) is 6.83. The van der Waals surface area contributed by atoms with E-state index in [9.17, 15) is 9.59 Å². The van der Waals surface area contributed by atoms with E-state index in [1.54, 1.807) is 13.8 Å². The SMILES string of the molecule is CCNC(=NCCC(=O)NCc1ccccc1)NC(C)c1nc(C)c(C(=O)OCC)s1. The second-order valence-corrected chi connectivity index (χ2v) is 7.86. The average Bonchev–Trinajstić information content (AvgIpc) is 3.15. The van der Waals surface area contributed by atoms with E-state index in [1.165, 1.54) is 11.3 Å². The molecule has 2 rings (SSSR count). The Balaban J connectivity index is 1.89. The molecule has 0 fully saturated rings. The Morgan fingerprint density at radius 1 is 1.19 bits per heavy atom. The molecule has 168 valence electrons. The minimum absolute atomic E-state index is 0.0499. The fourth-order valence-electron chi connectivity index (χ4n) is 2.73. The van der Waals surface area contributed by atoms with Gasteiger partial charge in [0, 0.05) is 19.5 Å². The number of carbonyl (C=O) groups excluding carboxylic acids is 2. The number of ether oxygens (including phenoxy) is 1. The lowest BCUT2D eigenvalue weighted by Crippen LogP contribution is -2.39. The van der Waals surface area contributed by atoms with Crippen molar-refractivity contribution >= 4 is 29.2 Å². The Hall–Kier alpha value is -2.94. The first-order valence-electron chi connectivity index (χ1n) is 10.4. The number of guanidine groups is 1. The quantitative estimate of drug-likeness (QED) is 0.295. The molecule has 31 heavy (non-hydrogen) atoms. The Morgan fingerprint density at radius 2 is 1.94 bits per heavy atom. The summed E-state index contributed by atoms with van der Waals surface area (Å²) in [4.78, 5) is 33.6. The number of nitrogens with one attached hydrogen (secondary N) is 3. The summed E-state index contributed by atoms with van der Waals surface area (Å²) in [7, 11) is 0. The molecule has 0 aliphatic carbocycles. The van der Waals surface area contributed by atoms with Gasteiger partial charge in [-0.3, -0.25) is 9.79 Å². The molecule has 0 saturated carbocycles. The number of hydrogen-bond acceptors (Lipinski definition) is 6. The molecule has 1 aromatic carbocycles. The zero-order valence-corrected chi connectivity index (χ0v) is 19.3. The standard InChI is InChI=1S/C22H31N5O3S/c1-5-23-22(24-13-12-18(28)25-14-17-10-8-7-9-11-17)27-16(4)20-26-15(3)19(31-20)21(29)30-6-2/h7-11,16H,5-6,12-14H2,1-4H3,(H,25,28)(H2,23,24,27). The molecule has 1 atom stereocenters. The zero-order valence-electron chi connectivity index (χ0n) is 18.5. The summed E-state index contributed by atoms with van der Waals surface area (Å²) >= 11 is 1.31. The molecule has 1 amide bonds. The van der Waals surface area contributed by atoms with E-state index in [1.807, 2.05) is 44.2 Å². The van der Waals surface area contributed by atoms with E-state index in [4.69, 9.17) is 4.74 Å². The van der Waals surface area contributed by atoms with Crippen LogP contribution in [0.15, 0.2) is 35.3 Å². The number of rotatable bonds is 10. The molecule has 9 heteroatoms. The first kappa shape index (κ1) is 24.3. The number of aryl methyl sites for hydroxylation is 1. The van der Waals surface area contributed by atoms with Crippen molar-refractivity contribution in [2.75, 3.05) is 19.7 Å². The Bertz CT molecular complexity index is 883. The van der Waals surface area contributed by atoms with Crippen LogP contribution in [0, 0.1) is 6.92 Å². The summed E-state index contributed by atoms with van der Waals surface area (Å²) < 4.78 is 5.08. The van der Waals surface area contributed by atoms with Gasteiger partial charge in [0.15, 0.2) is 5.96 Å². The molecule has 8 nitrogen and oxygen atoms in total. The van der Waals surface area contributed by atoms with E-state index in [0.29, 0.717) is 49.2 Å². The van der Waals surface area contributed by atoms with E-state index >= 15 is 0 Å². The molecule has 0 bridgehead atoms. The number of benzene rings is 1. The van der Waals surface area contributed by atoms with E-state index < -0.39 is 0 Å². The average molecular weight is 446 g/mol. The number of aromatic nitrogens is 1. The largest absolute Gasteiger partial charge is 0.462 e. The molecule has 0 saturated heterocycles. The second kappa shape index (κ2) is 12.7. The fourth-order valence-corrected chi connectivity index (χ4v) is 3.69. The number of aliphatic imine (C=N–C) groups is 1. The van der Waals surface area contributed by atoms with Crippen LogP contribution in [0.25, 0.3) is 0 Å². The minimum Gasteiger partial charge on any atom is -0.462 e. The van der Waals surface area contributed by atoms with Crippen LogP contribution in [0.5, 0.6) is 0 Å². The smallest absolute Gasteiger partial charge is 0.350 e. The van der Waals surface area contributed by atoms with Crippen LogP contribution in [-0.4, -0.2) is 42.5 Å². The predicted octanol–water partition coefficient (Wildman–Crippen LogP) is 2.95. The highest BCUT2D eigenvalue weighted by atomic mass is 32.1. The van der Waals surface area contributed by atoms with Crippen molar-refractivity contribution in [3.63, 3.8) is 0 Å². The van der Waals surface area contributed by atoms with Crippen LogP contribution in [0.4, 0.5) is 0 Å². The van der Waals surface area contributed by atoms with Gasteiger partial charge in [0.05, 0.1) is 24.9 Å². The molecule has 1 unspecified atom stereocenters. The summed E-state index contributed by atoms with van der Waals surface area (Å²) in [5.41, 5.74) is 1.72. The number of hydrogen-bond donors (Lipinski definition) is 3. The van der Waals surface area contributed by atoms with Gasteiger partial charge >= 0.3 is 5.97 Å². The molecule has 0 radical (unpaired) electrons. The van der Waals surface area contributed by atoms with Gasteiger partial charge in [-0.1, -0.05) is 30.3 Å². The molecule has 0 aliphatic heterocycles. The van der Waals surface area contributed by atoms with Crippen LogP contribution in [0.3, 0.4) is 0 Å². The highest BCUT2D eigenvalue weighted by molar-refractivity contribution is 7.13. The number of nitrogens with zero attached hydrogens (tertiary/aromatic N) is 2. The third-order valence-corrected chi connectivity index (χ3v) is 5.60. The maximum absolute atomic E-state index is 12.1. The van der Waals surface area contributed by atoms with Crippen LogP contribution >= 0.6 is 11.3 Å². The summed E-state index contributed by atoms with van der Waals surface area (Å²) in [5, 5.41) is 10.1. The highest BCUT2D eigenvalue weighted by Crippen LogP contribution is 2.24. The van der Waals surface area contributed by atoms with Gasteiger partial charge in [0.25, 0.3) is 0 Å². The maximum Gasteiger partial charge on any atom is 0.350 e. The summed E-state index contributed by atoms with van der Waals surface area (Å²) in [6.45, 7) is 9.37. The monoisotopic (exact) mass is 445 g/mol. The summed E-state index contributed by atoms with van der Waals surface area (Å²) in [6.07, 6.45) is 0.293. The van der Waals surface area contributed by atoms with Gasteiger partial charge in [-0.2, -0.15) is 0 Å². The number of amides is 1. The highest BCUT2D eigenvalue weighted by Gasteiger charge is 2.20. The molecular formula is C22H31N5O3S.